The topological polar surface area (TPSA) is 57.6 Å². The minimum absolute atomic E-state index is 0.0342. The number of amides is 1. The Kier molecular flexibility index (Phi) is 6.22. The van der Waals surface area contributed by atoms with Crippen LogP contribution in [0.15, 0.2) is 24.3 Å². The minimum Gasteiger partial charge on any atom is -0.481 e. The molecule has 20 heavy (non-hydrogen) atoms. The number of hydrogen-bond donors (Lipinski definition) is 1. The van der Waals surface area contributed by atoms with Crippen LogP contribution >= 0.6 is 0 Å². The molecule has 0 heterocycles. The van der Waals surface area contributed by atoms with Gasteiger partial charge >= 0.3 is 5.97 Å². The van der Waals surface area contributed by atoms with Crippen molar-refractivity contribution in [3.63, 3.8) is 0 Å². The first-order valence-electron chi connectivity index (χ1n) is 7.07. The molecular weight excluding hydrogens is 254 g/mol. The van der Waals surface area contributed by atoms with Gasteiger partial charge in [-0.25, -0.2) is 0 Å². The van der Waals surface area contributed by atoms with Gasteiger partial charge in [-0.05, 0) is 44.4 Å². The van der Waals surface area contributed by atoms with E-state index in [0.717, 1.165) is 6.42 Å². The van der Waals surface area contributed by atoms with Crippen molar-refractivity contribution in [2.75, 3.05) is 6.54 Å². The summed E-state index contributed by atoms with van der Waals surface area (Å²) in [4.78, 5) is 24.7. The van der Waals surface area contributed by atoms with Crippen LogP contribution in [0.1, 0.15) is 49.5 Å². The molecule has 1 amide bonds. The fourth-order valence-electron chi connectivity index (χ4n) is 2.04. The van der Waals surface area contributed by atoms with Crippen LogP contribution in [0.3, 0.4) is 0 Å². The van der Waals surface area contributed by atoms with E-state index >= 15 is 0 Å². The average Bonchev–Trinajstić information content (AvgIpc) is 2.42. The molecule has 0 fully saturated rings. The summed E-state index contributed by atoms with van der Waals surface area (Å²) in [7, 11) is 0. The summed E-state index contributed by atoms with van der Waals surface area (Å²) in [6, 6.07) is 7.66. The van der Waals surface area contributed by atoms with Crippen molar-refractivity contribution < 1.29 is 14.7 Å². The number of carbonyl (C=O) groups excluding carboxylic acids is 1. The highest BCUT2D eigenvalue weighted by molar-refractivity contribution is 5.94. The number of carbonyl (C=O) groups is 2. The third-order valence-electron chi connectivity index (χ3n) is 3.28. The van der Waals surface area contributed by atoms with Crippen LogP contribution in [0.25, 0.3) is 0 Å². The van der Waals surface area contributed by atoms with Gasteiger partial charge < -0.3 is 10.0 Å². The van der Waals surface area contributed by atoms with Crippen molar-refractivity contribution in [3.8, 4) is 0 Å². The monoisotopic (exact) mass is 277 g/mol. The lowest BCUT2D eigenvalue weighted by Gasteiger charge is -2.26. The number of nitrogens with zero attached hydrogens (tertiary/aromatic N) is 1. The van der Waals surface area contributed by atoms with Crippen LogP contribution in [0.2, 0.25) is 0 Å². The van der Waals surface area contributed by atoms with Crippen molar-refractivity contribution in [2.24, 2.45) is 0 Å². The molecule has 1 aromatic carbocycles. The Morgan fingerprint density at radius 2 is 1.80 bits per heavy atom. The highest BCUT2D eigenvalue weighted by Gasteiger charge is 2.18. The van der Waals surface area contributed by atoms with Crippen LogP contribution in [0, 0.1) is 0 Å². The van der Waals surface area contributed by atoms with Gasteiger partial charge in [-0.15, -0.1) is 0 Å². The number of carboxylic acid groups (broad SMARTS) is 1. The van der Waals surface area contributed by atoms with Crippen LogP contribution in [0.5, 0.6) is 0 Å². The van der Waals surface area contributed by atoms with Crippen molar-refractivity contribution >= 4 is 11.9 Å². The second-order valence-electron chi connectivity index (χ2n) is 5.14. The van der Waals surface area contributed by atoms with Crippen molar-refractivity contribution in [2.45, 2.75) is 46.1 Å². The Labute approximate surface area is 120 Å². The summed E-state index contributed by atoms with van der Waals surface area (Å²) in [6.45, 7) is 6.43. The molecule has 110 valence electrons. The normalized spacial score (nSPS) is 10.6. The SMILES string of the molecule is CCc1ccc(C(=O)N(CCCC(=O)O)C(C)C)cc1. The van der Waals surface area contributed by atoms with E-state index in [9.17, 15) is 9.59 Å². The fraction of sp³-hybridized carbons (Fsp3) is 0.500. The second kappa shape index (κ2) is 7.68. The highest BCUT2D eigenvalue weighted by atomic mass is 16.4. The zero-order valence-corrected chi connectivity index (χ0v) is 12.4. The average molecular weight is 277 g/mol. The maximum absolute atomic E-state index is 12.4. The molecule has 0 bridgehead atoms. The molecule has 1 aromatic rings. The minimum atomic E-state index is -0.826. The van der Waals surface area contributed by atoms with E-state index in [1.165, 1.54) is 5.56 Å². The first-order chi connectivity index (χ1) is 9.45. The molecule has 0 atom stereocenters. The van der Waals surface area contributed by atoms with Crippen molar-refractivity contribution in [1.82, 2.24) is 4.90 Å². The van der Waals surface area contributed by atoms with Gasteiger partial charge in [0.05, 0.1) is 0 Å². The molecular formula is C16H23NO3. The molecule has 4 nitrogen and oxygen atoms in total. The highest BCUT2D eigenvalue weighted by Crippen LogP contribution is 2.12. The van der Waals surface area contributed by atoms with Crippen LogP contribution in [-0.2, 0) is 11.2 Å². The number of rotatable bonds is 7. The van der Waals surface area contributed by atoms with Crippen LogP contribution < -0.4 is 0 Å². The molecule has 0 radical (unpaired) electrons. The van der Waals surface area contributed by atoms with Crippen molar-refractivity contribution in [1.29, 1.82) is 0 Å². The van der Waals surface area contributed by atoms with E-state index in [0.29, 0.717) is 18.5 Å². The van der Waals surface area contributed by atoms with Gasteiger partial charge in [0.2, 0.25) is 0 Å². The maximum Gasteiger partial charge on any atom is 0.303 e. The Morgan fingerprint density at radius 1 is 1.20 bits per heavy atom. The number of hydrogen-bond acceptors (Lipinski definition) is 2. The Bertz CT molecular complexity index is 451. The number of aryl methyl sites for hydroxylation is 1. The van der Waals surface area contributed by atoms with Gasteiger partial charge in [0.1, 0.15) is 0 Å². The smallest absolute Gasteiger partial charge is 0.303 e. The van der Waals surface area contributed by atoms with Crippen molar-refractivity contribution in [3.05, 3.63) is 35.4 Å². The summed E-state index contributed by atoms with van der Waals surface area (Å²) in [5.74, 6) is -0.860. The number of benzene rings is 1. The lowest BCUT2D eigenvalue weighted by molar-refractivity contribution is -0.137. The molecule has 0 aliphatic rings. The van der Waals surface area contributed by atoms with E-state index in [4.69, 9.17) is 5.11 Å². The Morgan fingerprint density at radius 3 is 2.25 bits per heavy atom. The predicted octanol–water partition coefficient (Wildman–Crippen LogP) is 2.96. The summed E-state index contributed by atoms with van der Waals surface area (Å²) < 4.78 is 0. The molecule has 0 aliphatic heterocycles. The molecule has 4 heteroatoms. The molecule has 1 rings (SSSR count). The molecule has 0 spiro atoms. The zero-order valence-electron chi connectivity index (χ0n) is 12.4. The summed E-state index contributed by atoms with van der Waals surface area (Å²) in [5, 5.41) is 8.67. The van der Waals surface area contributed by atoms with Gasteiger partial charge in [0.25, 0.3) is 5.91 Å². The summed E-state index contributed by atoms with van der Waals surface area (Å²) in [6.07, 6.45) is 1.51. The standard InChI is InChI=1S/C16H23NO3/c1-4-13-7-9-14(10-8-13)16(20)17(12(2)3)11-5-6-15(18)19/h7-10,12H,4-6,11H2,1-3H3,(H,18,19). The van der Waals surface area contributed by atoms with Gasteiger partial charge in [-0.2, -0.15) is 0 Å². The quantitative estimate of drug-likeness (QED) is 0.833. The molecule has 0 saturated carbocycles. The van der Waals surface area contributed by atoms with Gasteiger partial charge in [0, 0.05) is 24.6 Å². The lowest BCUT2D eigenvalue weighted by Crippen LogP contribution is -2.37. The first kappa shape index (κ1) is 16.2. The first-order valence-corrected chi connectivity index (χ1v) is 7.07. The number of aliphatic carboxylic acids is 1. The maximum atomic E-state index is 12.4. The Hall–Kier alpha value is -1.84. The van der Waals surface area contributed by atoms with Crippen LogP contribution in [0.4, 0.5) is 0 Å². The van der Waals surface area contributed by atoms with E-state index in [1.54, 1.807) is 4.90 Å². The number of carboxylic acids is 1. The van der Waals surface area contributed by atoms with E-state index in [-0.39, 0.29) is 18.4 Å². The zero-order chi connectivity index (χ0) is 15.1. The Balaban J connectivity index is 2.74. The largest absolute Gasteiger partial charge is 0.481 e. The fourth-order valence-corrected chi connectivity index (χ4v) is 2.04. The van der Waals surface area contributed by atoms with Gasteiger partial charge in [-0.1, -0.05) is 19.1 Å². The van der Waals surface area contributed by atoms with Crippen LogP contribution in [-0.4, -0.2) is 34.5 Å². The van der Waals surface area contributed by atoms with Gasteiger partial charge in [0.15, 0.2) is 0 Å². The second-order valence-corrected chi connectivity index (χ2v) is 5.14. The third kappa shape index (κ3) is 4.68. The third-order valence-corrected chi connectivity index (χ3v) is 3.28. The summed E-state index contributed by atoms with van der Waals surface area (Å²) in [5.41, 5.74) is 1.86. The van der Waals surface area contributed by atoms with E-state index in [1.807, 2.05) is 38.1 Å². The summed E-state index contributed by atoms with van der Waals surface area (Å²) >= 11 is 0. The molecule has 0 saturated heterocycles. The lowest BCUT2D eigenvalue weighted by atomic mass is 10.1. The molecule has 0 aliphatic carbocycles. The molecule has 1 N–H and O–H groups in total. The molecule has 0 aromatic heterocycles. The predicted molar refractivity (Wildman–Crippen MR) is 78.9 cm³/mol. The van der Waals surface area contributed by atoms with E-state index in [2.05, 4.69) is 6.92 Å². The molecule has 0 unspecified atom stereocenters. The van der Waals surface area contributed by atoms with Gasteiger partial charge in [-0.3, -0.25) is 9.59 Å². The van der Waals surface area contributed by atoms with E-state index < -0.39 is 5.97 Å².